The highest BCUT2D eigenvalue weighted by molar-refractivity contribution is 5.90. The van der Waals surface area contributed by atoms with Crippen LogP contribution >= 0.6 is 0 Å². The van der Waals surface area contributed by atoms with Crippen LogP contribution < -0.4 is 21.8 Å². The van der Waals surface area contributed by atoms with Crippen LogP contribution in [0.1, 0.15) is 79.7 Å². The fourth-order valence-corrected chi connectivity index (χ4v) is 7.54. The van der Waals surface area contributed by atoms with Crippen LogP contribution in [0.5, 0.6) is 0 Å². The van der Waals surface area contributed by atoms with Crippen molar-refractivity contribution in [3.8, 4) is 0 Å². The number of benzene rings is 1. The first-order valence-electron chi connectivity index (χ1n) is 19.6. The lowest BCUT2D eigenvalue weighted by molar-refractivity contribution is -0.148. The van der Waals surface area contributed by atoms with Crippen LogP contribution in [-0.4, -0.2) is 128 Å². The van der Waals surface area contributed by atoms with E-state index in [-0.39, 0.29) is 54.9 Å². The molecule has 1 heterocycles. The van der Waals surface area contributed by atoms with Gasteiger partial charge in [0.25, 0.3) is 0 Å². The van der Waals surface area contributed by atoms with E-state index in [2.05, 4.69) is 20.8 Å². The van der Waals surface area contributed by atoms with Gasteiger partial charge in [0.2, 0.25) is 23.6 Å². The number of nitrogens with two attached hydrogens (primary N) is 1. The lowest BCUT2D eigenvalue weighted by Gasteiger charge is -2.41. The largest absolute Gasteiger partial charge is 0.480 e. The third-order valence-corrected chi connectivity index (χ3v) is 10.9. The Hall–Kier alpha value is -3.63. The molecule has 6 N–H and O–H groups in total. The summed E-state index contributed by atoms with van der Waals surface area (Å²) in [5.41, 5.74) is 0.779. The Morgan fingerprint density at radius 3 is 2.11 bits per heavy atom. The van der Waals surface area contributed by atoms with E-state index in [1.54, 1.807) is 23.8 Å². The zero-order valence-corrected chi connectivity index (χ0v) is 34.6. The Kier molecular flexibility index (Phi) is 20.3. The number of nitrogens with zero attached hydrogens (tertiary/aromatic N) is 2. The highest BCUT2D eigenvalue weighted by Gasteiger charge is 2.43. The van der Waals surface area contributed by atoms with Gasteiger partial charge in [0.05, 0.1) is 49.3 Å². The Bertz CT molecular complexity index is 1370. The van der Waals surface area contributed by atoms with E-state index in [9.17, 15) is 29.1 Å². The van der Waals surface area contributed by atoms with Crippen LogP contribution in [0.25, 0.3) is 0 Å². The van der Waals surface area contributed by atoms with Crippen molar-refractivity contribution in [2.45, 2.75) is 123 Å². The maximum Gasteiger partial charge on any atom is 0.326 e. The van der Waals surface area contributed by atoms with Gasteiger partial charge >= 0.3 is 5.97 Å². The number of ether oxygens (including phenoxy) is 2. The number of hydrogen-bond donors (Lipinski definition) is 5. The molecule has 4 amide bonds. The quantitative estimate of drug-likeness (QED) is 0.0763. The number of likely N-dealkylation sites (tertiary alicyclic amines) is 1. The van der Waals surface area contributed by atoms with E-state index in [1.165, 1.54) is 14.2 Å². The monoisotopic (exact) mass is 777 g/mol. The molecule has 15 nitrogen and oxygen atoms in total. The molecule has 2 rings (SSSR count). The Morgan fingerprint density at radius 2 is 1.58 bits per heavy atom. The molecule has 0 saturated carbocycles. The van der Waals surface area contributed by atoms with E-state index in [4.69, 9.17) is 15.4 Å². The van der Waals surface area contributed by atoms with Crippen LogP contribution in [0.2, 0.25) is 0 Å². The number of carboxylic acids is 1. The number of carbonyl (C=O) groups excluding carboxylic acids is 4. The van der Waals surface area contributed by atoms with E-state index < -0.39 is 60.2 Å². The lowest BCUT2D eigenvalue weighted by atomic mass is 9.89. The van der Waals surface area contributed by atoms with E-state index >= 15 is 0 Å². The fourth-order valence-electron chi connectivity index (χ4n) is 7.54. The molecule has 0 aromatic heterocycles. The molecule has 1 saturated heterocycles. The SMILES string of the molecule is CC[C@H](C)[C@@H]([C@@H](CC(=O)N1CCC[C@H]1[C@H](OC)[C@@H](C)C(=O)N[C@@H](Cc1ccccc1)C(=O)O)OC)N(C)C(=O)[C@@H](NC(=O)C(NCCON)C(C)C)C(C)C. The van der Waals surface area contributed by atoms with Crippen molar-refractivity contribution in [2.75, 3.05) is 41.0 Å². The number of rotatable bonds is 24. The number of carbonyl (C=O) groups is 5. The first-order valence-corrected chi connectivity index (χ1v) is 19.6. The van der Waals surface area contributed by atoms with Crippen LogP contribution in [0, 0.1) is 23.7 Å². The van der Waals surface area contributed by atoms with Gasteiger partial charge in [0, 0.05) is 40.8 Å². The third kappa shape index (κ3) is 13.5. The van der Waals surface area contributed by atoms with Crippen molar-refractivity contribution in [3.63, 3.8) is 0 Å². The zero-order chi connectivity index (χ0) is 41.4. The van der Waals surface area contributed by atoms with Crippen molar-refractivity contribution in [2.24, 2.45) is 29.6 Å². The first kappa shape index (κ1) is 47.5. The highest BCUT2D eigenvalue weighted by atomic mass is 16.6. The molecular formula is C40H68N6O9. The Morgan fingerprint density at radius 1 is 0.945 bits per heavy atom. The molecule has 0 aliphatic carbocycles. The molecule has 1 aliphatic heterocycles. The van der Waals surface area contributed by atoms with Gasteiger partial charge in [0.15, 0.2) is 0 Å². The average Bonchev–Trinajstić information content (AvgIpc) is 3.64. The summed E-state index contributed by atoms with van der Waals surface area (Å²) in [7, 11) is 4.71. The molecule has 9 atom stereocenters. The number of likely N-dealkylation sites (N-methyl/N-ethyl adjacent to an activating group) is 1. The minimum absolute atomic E-state index is 0.0317. The second kappa shape index (κ2) is 23.4. The standard InChI is InChI=1S/C40H68N6O9/c1-11-26(6)35(45(8)39(50)34(25(4)5)44-38(49)33(24(2)3)42-19-21-55-41)31(53-9)23-32(47)46-20-15-18-30(46)36(54-10)27(7)37(48)43-29(40(51)52)22-28-16-13-12-14-17-28/h12-14,16-17,24-27,29-31,33-36,42H,11,15,18-23,41H2,1-10H3,(H,43,48)(H,44,49)(H,51,52)/t26-,27+,29-,30-,31+,33?,34-,35-,36+/m0/s1. The van der Waals surface area contributed by atoms with Gasteiger partial charge in [-0.25, -0.2) is 10.7 Å². The van der Waals surface area contributed by atoms with Gasteiger partial charge in [-0.1, -0.05) is 85.2 Å². The van der Waals surface area contributed by atoms with Gasteiger partial charge in [-0.2, -0.15) is 0 Å². The zero-order valence-electron chi connectivity index (χ0n) is 34.6. The predicted molar refractivity (Wildman–Crippen MR) is 209 cm³/mol. The van der Waals surface area contributed by atoms with E-state index in [1.807, 2.05) is 71.9 Å². The number of carboxylic acid groups (broad SMARTS) is 1. The molecule has 0 spiro atoms. The van der Waals surface area contributed by atoms with Crippen molar-refractivity contribution < 1.29 is 43.4 Å². The van der Waals surface area contributed by atoms with Crippen molar-refractivity contribution in [1.82, 2.24) is 25.8 Å². The number of amides is 4. The van der Waals surface area contributed by atoms with E-state index in [0.717, 1.165) is 5.56 Å². The minimum atomic E-state index is -1.14. The number of nitrogens with one attached hydrogen (secondary N) is 3. The molecule has 0 bridgehead atoms. The van der Waals surface area contributed by atoms with Crippen LogP contribution in [-0.2, 0) is 44.7 Å². The summed E-state index contributed by atoms with van der Waals surface area (Å²) in [6.07, 6.45) is 0.704. The fraction of sp³-hybridized carbons (Fsp3) is 0.725. The molecule has 1 fully saturated rings. The average molecular weight is 777 g/mol. The van der Waals surface area contributed by atoms with E-state index in [0.29, 0.717) is 32.4 Å². The van der Waals surface area contributed by atoms with Gasteiger partial charge in [-0.3, -0.25) is 19.2 Å². The number of hydrogen-bond acceptors (Lipinski definition) is 10. The smallest absolute Gasteiger partial charge is 0.326 e. The number of methoxy groups -OCH3 is 2. The van der Waals surface area contributed by atoms with Crippen molar-refractivity contribution in [3.05, 3.63) is 35.9 Å². The summed E-state index contributed by atoms with van der Waals surface area (Å²) in [5, 5.41) is 18.7. The summed E-state index contributed by atoms with van der Waals surface area (Å²) < 4.78 is 11.9. The van der Waals surface area contributed by atoms with Crippen LogP contribution in [0.3, 0.4) is 0 Å². The maximum absolute atomic E-state index is 14.2. The third-order valence-electron chi connectivity index (χ3n) is 10.9. The molecule has 15 heteroatoms. The molecule has 1 unspecified atom stereocenters. The summed E-state index contributed by atoms with van der Waals surface area (Å²) in [6.45, 7) is 14.3. The molecule has 1 aromatic rings. The Labute approximate surface area is 327 Å². The summed E-state index contributed by atoms with van der Waals surface area (Å²) in [5.74, 6) is 1.59. The van der Waals surface area contributed by atoms with Gasteiger partial charge in [0.1, 0.15) is 12.1 Å². The second-order valence-electron chi connectivity index (χ2n) is 15.5. The maximum atomic E-state index is 14.2. The summed E-state index contributed by atoms with van der Waals surface area (Å²) in [4.78, 5) is 75.5. The van der Waals surface area contributed by atoms with Gasteiger partial charge in [-0.05, 0) is 36.2 Å². The summed E-state index contributed by atoms with van der Waals surface area (Å²) >= 11 is 0. The minimum Gasteiger partial charge on any atom is -0.480 e. The predicted octanol–water partition coefficient (Wildman–Crippen LogP) is 2.36. The normalized spacial score (nSPS) is 18.9. The first-order chi connectivity index (χ1) is 26.0. The van der Waals surface area contributed by atoms with Gasteiger partial charge < -0.3 is 45.2 Å². The number of aliphatic carboxylic acids is 1. The Balaban J connectivity index is 2.26. The van der Waals surface area contributed by atoms with Crippen molar-refractivity contribution in [1.29, 1.82) is 0 Å². The van der Waals surface area contributed by atoms with Crippen molar-refractivity contribution >= 4 is 29.6 Å². The lowest BCUT2D eigenvalue weighted by Crippen LogP contribution is -2.60. The van der Waals surface area contributed by atoms with Gasteiger partial charge in [-0.15, -0.1) is 0 Å². The van der Waals surface area contributed by atoms with Crippen LogP contribution in [0.15, 0.2) is 30.3 Å². The van der Waals surface area contributed by atoms with Crippen LogP contribution in [0.4, 0.5) is 0 Å². The second-order valence-corrected chi connectivity index (χ2v) is 15.5. The molecule has 55 heavy (non-hydrogen) atoms. The molecule has 0 radical (unpaired) electrons. The topological polar surface area (TPSA) is 202 Å². The highest BCUT2D eigenvalue weighted by Crippen LogP contribution is 2.30. The molecule has 312 valence electrons. The molecular weight excluding hydrogens is 708 g/mol. The molecule has 1 aliphatic rings. The summed E-state index contributed by atoms with van der Waals surface area (Å²) in [6, 6.07) is 5.59. The molecule has 1 aromatic carbocycles.